The van der Waals surface area contributed by atoms with Gasteiger partial charge in [-0.05, 0) is 6.42 Å². The number of aliphatic carboxylic acids is 1. The van der Waals surface area contributed by atoms with E-state index in [1.54, 1.807) is 6.92 Å². The van der Waals surface area contributed by atoms with Crippen LogP contribution in [0.2, 0.25) is 0 Å². The molecule has 0 bridgehead atoms. The van der Waals surface area contributed by atoms with Crippen molar-refractivity contribution in [3.8, 4) is 0 Å². The Morgan fingerprint density at radius 3 is 2.40 bits per heavy atom. The topological polar surface area (TPSA) is 37.3 Å². The Labute approximate surface area is 72.2 Å². The number of rotatable bonds is 4. The Bertz CT molecular complexity index is 93.6. The van der Waals surface area contributed by atoms with Gasteiger partial charge in [0, 0.05) is 16.8 Å². The van der Waals surface area contributed by atoms with Gasteiger partial charge in [0.15, 0.2) is 0 Å². The minimum Gasteiger partial charge on any atom is -0.481 e. The van der Waals surface area contributed by atoms with Gasteiger partial charge in [0.05, 0.1) is 5.92 Å². The van der Waals surface area contributed by atoms with E-state index in [9.17, 15) is 4.79 Å². The van der Waals surface area contributed by atoms with Crippen LogP contribution >= 0.6 is 0 Å². The number of unbranched alkanes of at least 4 members (excludes halogenated alkanes) is 1. The van der Waals surface area contributed by atoms with Crippen molar-refractivity contribution in [3.05, 3.63) is 0 Å². The summed E-state index contributed by atoms with van der Waals surface area (Å²) in [6, 6.07) is 0. The average Bonchev–Trinajstić information content (AvgIpc) is 1.82. The Hall–Kier alpha value is -0.0235. The minimum atomic E-state index is -0.677. The van der Waals surface area contributed by atoms with Gasteiger partial charge in [-0.2, -0.15) is 0 Å². The van der Waals surface area contributed by atoms with Crippen LogP contribution < -0.4 is 0 Å². The van der Waals surface area contributed by atoms with E-state index >= 15 is 0 Å². The standard InChI is InChI=1S/C7H14O2.Co/c1-3-4-5-6(2)7(8)9;/h6H,3-5H2,1-2H3,(H,8,9);. The van der Waals surface area contributed by atoms with Gasteiger partial charge in [-0.1, -0.05) is 26.7 Å². The second-order valence-corrected chi connectivity index (χ2v) is 2.38. The quantitative estimate of drug-likeness (QED) is 0.733. The second-order valence-electron chi connectivity index (χ2n) is 2.38. The minimum absolute atomic E-state index is 0. The molecule has 10 heavy (non-hydrogen) atoms. The van der Waals surface area contributed by atoms with Crippen molar-refractivity contribution in [2.75, 3.05) is 0 Å². The zero-order valence-corrected chi connectivity index (χ0v) is 7.43. The summed E-state index contributed by atoms with van der Waals surface area (Å²) in [6.45, 7) is 3.81. The van der Waals surface area contributed by atoms with Crippen LogP contribution in [0.1, 0.15) is 33.1 Å². The van der Waals surface area contributed by atoms with Crippen molar-refractivity contribution < 1.29 is 26.7 Å². The number of hydrogen-bond acceptors (Lipinski definition) is 1. The van der Waals surface area contributed by atoms with Gasteiger partial charge in [-0.25, -0.2) is 0 Å². The van der Waals surface area contributed by atoms with Crippen LogP contribution in [-0.2, 0) is 21.6 Å². The van der Waals surface area contributed by atoms with Crippen LogP contribution in [0.25, 0.3) is 0 Å². The first-order valence-corrected chi connectivity index (χ1v) is 3.41. The molecule has 0 aromatic heterocycles. The second kappa shape index (κ2) is 7.09. The normalized spacial score (nSPS) is 11.8. The molecule has 0 spiro atoms. The molecule has 1 unspecified atom stereocenters. The summed E-state index contributed by atoms with van der Waals surface area (Å²) in [6.07, 6.45) is 2.91. The van der Waals surface area contributed by atoms with Crippen LogP contribution in [0.3, 0.4) is 0 Å². The molecule has 0 saturated heterocycles. The predicted molar refractivity (Wildman–Crippen MR) is 36.3 cm³/mol. The van der Waals surface area contributed by atoms with Gasteiger partial charge in [-0.3, -0.25) is 4.79 Å². The van der Waals surface area contributed by atoms with Gasteiger partial charge in [0.1, 0.15) is 0 Å². The summed E-state index contributed by atoms with van der Waals surface area (Å²) in [5, 5.41) is 8.41. The zero-order valence-electron chi connectivity index (χ0n) is 6.39. The third kappa shape index (κ3) is 6.10. The fraction of sp³-hybridized carbons (Fsp3) is 0.857. The van der Waals surface area contributed by atoms with Gasteiger partial charge < -0.3 is 5.11 Å². The fourth-order valence-corrected chi connectivity index (χ4v) is 0.634. The monoisotopic (exact) mass is 189 g/mol. The van der Waals surface area contributed by atoms with Gasteiger partial charge >= 0.3 is 5.97 Å². The Balaban J connectivity index is 0. The van der Waals surface area contributed by atoms with Crippen LogP contribution in [0.15, 0.2) is 0 Å². The molecular weight excluding hydrogens is 175 g/mol. The summed E-state index contributed by atoms with van der Waals surface area (Å²) in [4.78, 5) is 10.2. The molecule has 0 amide bonds. The van der Waals surface area contributed by atoms with Crippen LogP contribution in [0.4, 0.5) is 0 Å². The predicted octanol–water partition coefficient (Wildman–Crippen LogP) is 1.89. The first kappa shape index (κ1) is 12.6. The van der Waals surface area contributed by atoms with E-state index in [-0.39, 0.29) is 22.7 Å². The van der Waals surface area contributed by atoms with E-state index in [1.165, 1.54) is 0 Å². The first-order chi connectivity index (χ1) is 4.18. The summed E-state index contributed by atoms with van der Waals surface area (Å²) in [5.41, 5.74) is 0. The molecule has 0 aliphatic carbocycles. The largest absolute Gasteiger partial charge is 0.481 e. The van der Waals surface area contributed by atoms with Crippen molar-refractivity contribution in [2.24, 2.45) is 5.92 Å². The maximum atomic E-state index is 10.2. The molecule has 0 aliphatic heterocycles. The smallest absolute Gasteiger partial charge is 0.306 e. The summed E-state index contributed by atoms with van der Waals surface area (Å²) in [5.74, 6) is -0.839. The van der Waals surface area contributed by atoms with Crippen molar-refractivity contribution in [2.45, 2.75) is 33.1 Å². The Morgan fingerprint density at radius 1 is 1.60 bits per heavy atom. The number of carbonyl (C=O) groups is 1. The van der Waals surface area contributed by atoms with Crippen molar-refractivity contribution in [3.63, 3.8) is 0 Å². The molecule has 0 heterocycles. The Morgan fingerprint density at radius 2 is 2.10 bits per heavy atom. The maximum Gasteiger partial charge on any atom is 0.306 e. The van der Waals surface area contributed by atoms with Crippen molar-refractivity contribution >= 4 is 5.97 Å². The number of carboxylic acids is 1. The Kier molecular flexibility index (Phi) is 8.96. The summed E-state index contributed by atoms with van der Waals surface area (Å²) < 4.78 is 0. The fourth-order valence-electron chi connectivity index (χ4n) is 0.634. The van der Waals surface area contributed by atoms with E-state index in [4.69, 9.17) is 5.11 Å². The zero-order chi connectivity index (χ0) is 7.28. The molecule has 3 heteroatoms. The molecule has 0 fully saturated rings. The molecule has 0 saturated carbocycles. The molecule has 0 aromatic rings. The molecule has 1 atom stereocenters. The van der Waals surface area contributed by atoms with Crippen molar-refractivity contribution in [1.29, 1.82) is 0 Å². The molecule has 63 valence electrons. The van der Waals surface area contributed by atoms with Crippen molar-refractivity contribution in [1.82, 2.24) is 0 Å². The average molecular weight is 189 g/mol. The first-order valence-electron chi connectivity index (χ1n) is 3.41. The van der Waals surface area contributed by atoms with Gasteiger partial charge in [0.2, 0.25) is 0 Å². The third-order valence-corrected chi connectivity index (χ3v) is 1.41. The van der Waals surface area contributed by atoms with E-state index in [0.717, 1.165) is 19.3 Å². The SMILES string of the molecule is CCCCC(C)C(=O)O.[Co]. The van der Waals surface area contributed by atoms with Gasteiger partial charge in [-0.15, -0.1) is 0 Å². The van der Waals surface area contributed by atoms with E-state index in [0.29, 0.717) is 0 Å². The summed E-state index contributed by atoms with van der Waals surface area (Å²) in [7, 11) is 0. The molecular formula is C7H14CoO2. The van der Waals surface area contributed by atoms with E-state index in [2.05, 4.69) is 6.92 Å². The summed E-state index contributed by atoms with van der Waals surface area (Å²) >= 11 is 0. The maximum absolute atomic E-state index is 10.2. The number of hydrogen-bond donors (Lipinski definition) is 1. The van der Waals surface area contributed by atoms with Crippen LogP contribution in [0.5, 0.6) is 0 Å². The molecule has 1 radical (unpaired) electrons. The number of carboxylic acid groups (broad SMARTS) is 1. The van der Waals surface area contributed by atoms with Crippen LogP contribution in [-0.4, -0.2) is 11.1 Å². The molecule has 0 rings (SSSR count). The van der Waals surface area contributed by atoms with Gasteiger partial charge in [0.25, 0.3) is 0 Å². The molecule has 2 nitrogen and oxygen atoms in total. The van der Waals surface area contributed by atoms with E-state index < -0.39 is 5.97 Å². The molecule has 0 aliphatic rings. The van der Waals surface area contributed by atoms with E-state index in [1.807, 2.05) is 0 Å². The molecule has 1 N–H and O–H groups in total. The molecule has 0 aromatic carbocycles. The third-order valence-electron chi connectivity index (χ3n) is 1.41. The van der Waals surface area contributed by atoms with Crippen LogP contribution in [0, 0.1) is 5.92 Å².